The van der Waals surface area contributed by atoms with Crippen molar-refractivity contribution in [3.63, 3.8) is 0 Å². The lowest BCUT2D eigenvalue weighted by molar-refractivity contribution is 0.144. The molecule has 0 radical (unpaired) electrons. The number of piperidine rings is 1. The van der Waals surface area contributed by atoms with E-state index in [4.69, 9.17) is 0 Å². The summed E-state index contributed by atoms with van der Waals surface area (Å²) < 4.78 is 4.40. The summed E-state index contributed by atoms with van der Waals surface area (Å²) in [7, 11) is 0. The van der Waals surface area contributed by atoms with E-state index in [1.807, 2.05) is 23.1 Å². The fraction of sp³-hybridized carbons (Fsp3) is 0.737. The Hall–Kier alpha value is -1.69. The van der Waals surface area contributed by atoms with Gasteiger partial charge in [-0.15, -0.1) is 10.2 Å². The molecule has 0 bridgehead atoms. The van der Waals surface area contributed by atoms with Gasteiger partial charge in [-0.1, -0.05) is 6.42 Å². The Balaban J connectivity index is 1.28. The van der Waals surface area contributed by atoms with Crippen molar-refractivity contribution in [1.82, 2.24) is 29.4 Å². The Labute approximate surface area is 149 Å². The number of likely N-dealkylation sites (tertiary alicyclic amines) is 1. The van der Waals surface area contributed by atoms with Crippen LogP contribution >= 0.6 is 0 Å². The average Bonchev–Trinajstić information content (AvgIpc) is 3.14. The normalized spacial score (nSPS) is 23.0. The van der Waals surface area contributed by atoms with Crippen LogP contribution in [0.3, 0.4) is 0 Å². The fourth-order valence-electron chi connectivity index (χ4n) is 4.41. The topological polar surface area (TPSA) is 51.8 Å². The first kappa shape index (κ1) is 15.6. The number of hydrogen-bond donors (Lipinski definition) is 0. The first-order valence-electron chi connectivity index (χ1n) is 10.0. The van der Waals surface area contributed by atoms with Crippen molar-refractivity contribution in [3.8, 4) is 0 Å². The number of hydrogen-bond acceptors (Lipinski definition) is 4. The number of nitrogens with zero attached hydrogens (tertiary/aromatic N) is 6. The molecule has 134 valence electrons. The molecule has 5 rings (SSSR count). The summed E-state index contributed by atoms with van der Waals surface area (Å²) in [4.78, 5) is 2.68. The molecule has 0 aromatic carbocycles. The number of aromatic nitrogens is 5. The second-order valence-corrected chi connectivity index (χ2v) is 8.15. The Bertz CT molecular complexity index is 690. The quantitative estimate of drug-likeness (QED) is 0.811. The van der Waals surface area contributed by atoms with Gasteiger partial charge >= 0.3 is 0 Å². The molecule has 0 N–H and O–H groups in total. The monoisotopic (exact) mass is 340 g/mol. The molecule has 3 aliphatic rings. The van der Waals surface area contributed by atoms with Gasteiger partial charge in [0.1, 0.15) is 12.4 Å². The van der Waals surface area contributed by atoms with Crippen molar-refractivity contribution in [1.29, 1.82) is 0 Å². The Morgan fingerprint density at radius 3 is 2.48 bits per heavy atom. The van der Waals surface area contributed by atoms with Crippen molar-refractivity contribution in [3.05, 3.63) is 30.1 Å². The lowest BCUT2D eigenvalue weighted by atomic mass is 9.84. The van der Waals surface area contributed by atoms with E-state index in [-0.39, 0.29) is 0 Å². The van der Waals surface area contributed by atoms with E-state index in [1.54, 1.807) is 0 Å². The fourth-order valence-corrected chi connectivity index (χ4v) is 4.41. The molecule has 0 unspecified atom stereocenters. The highest BCUT2D eigenvalue weighted by Crippen LogP contribution is 2.40. The Morgan fingerprint density at radius 1 is 1.00 bits per heavy atom. The number of rotatable bonds is 6. The molecule has 3 fully saturated rings. The SMILES string of the molecule is c1cnn(Cc2nnc(C3CCN(CC4CCC4)CC3)n2C2CC2)c1. The van der Waals surface area contributed by atoms with Crippen LogP contribution < -0.4 is 0 Å². The van der Waals surface area contributed by atoms with Crippen molar-refractivity contribution in [2.24, 2.45) is 5.92 Å². The molecule has 0 atom stereocenters. The second kappa shape index (κ2) is 6.56. The van der Waals surface area contributed by atoms with E-state index < -0.39 is 0 Å². The van der Waals surface area contributed by atoms with Gasteiger partial charge in [0.2, 0.25) is 0 Å². The van der Waals surface area contributed by atoms with E-state index in [0.717, 1.165) is 18.3 Å². The van der Waals surface area contributed by atoms with Crippen molar-refractivity contribution >= 4 is 0 Å². The Morgan fingerprint density at radius 2 is 1.84 bits per heavy atom. The maximum atomic E-state index is 4.65. The molecule has 6 nitrogen and oxygen atoms in total. The summed E-state index contributed by atoms with van der Waals surface area (Å²) in [6.45, 7) is 4.52. The molecule has 1 aliphatic heterocycles. The summed E-state index contributed by atoms with van der Waals surface area (Å²) in [5.74, 6) is 3.88. The molecule has 0 amide bonds. The summed E-state index contributed by atoms with van der Waals surface area (Å²) >= 11 is 0. The highest BCUT2D eigenvalue weighted by molar-refractivity contribution is 5.09. The minimum Gasteiger partial charge on any atom is -0.310 e. The van der Waals surface area contributed by atoms with Crippen molar-refractivity contribution < 1.29 is 0 Å². The van der Waals surface area contributed by atoms with Crippen LogP contribution in [-0.4, -0.2) is 49.1 Å². The van der Waals surface area contributed by atoms with Gasteiger partial charge in [0, 0.05) is 30.9 Å². The first-order valence-corrected chi connectivity index (χ1v) is 10.0. The lowest BCUT2D eigenvalue weighted by Gasteiger charge is -2.36. The van der Waals surface area contributed by atoms with Crippen molar-refractivity contribution in [2.45, 2.75) is 63.5 Å². The molecular formula is C19H28N6. The van der Waals surface area contributed by atoms with Crippen LogP contribution in [0.5, 0.6) is 0 Å². The van der Waals surface area contributed by atoms with E-state index >= 15 is 0 Å². The van der Waals surface area contributed by atoms with Gasteiger partial charge < -0.3 is 9.47 Å². The van der Waals surface area contributed by atoms with Gasteiger partial charge in [-0.3, -0.25) is 4.68 Å². The van der Waals surface area contributed by atoms with Gasteiger partial charge in [0.05, 0.1) is 0 Å². The second-order valence-electron chi connectivity index (χ2n) is 8.15. The molecule has 2 aliphatic carbocycles. The summed E-state index contributed by atoms with van der Waals surface area (Å²) in [5.41, 5.74) is 0. The maximum Gasteiger partial charge on any atom is 0.155 e. The molecule has 2 saturated carbocycles. The molecule has 1 saturated heterocycles. The van der Waals surface area contributed by atoms with Gasteiger partial charge in [-0.05, 0) is 63.6 Å². The van der Waals surface area contributed by atoms with Crippen LogP contribution in [0.25, 0.3) is 0 Å². The lowest BCUT2D eigenvalue weighted by Crippen LogP contribution is -2.38. The van der Waals surface area contributed by atoms with E-state index in [1.165, 1.54) is 70.4 Å². The predicted molar refractivity (Wildman–Crippen MR) is 95.4 cm³/mol. The molecule has 2 aromatic rings. The molecule has 2 aromatic heterocycles. The summed E-state index contributed by atoms with van der Waals surface area (Å²) in [6.07, 6.45) is 13.2. The van der Waals surface area contributed by atoms with E-state index in [2.05, 4.69) is 24.8 Å². The average molecular weight is 340 g/mol. The summed E-state index contributed by atoms with van der Waals surface area (Å²) in [6, 6.07) is 2.60. The van der Waals surface area contributed by atoms with Crippen LogP contribution in [0.1, 0.15) is 68.6 Å². The van der Waals surface area contributed by atoms with Crippen molar-refractivity contribution in [2.75, 3.05) is 19.6 Å². The van der Waals surface area contributed by atoms with Gasteiger partial charge in [-0.25, -0.2) is 0 Å². The van der Waals surface area contributed by atoms with Gasteiger partial charge in [-0.2, -0.15) is 5.10 Å². The third kappa shape index (κ3) is 3.24. The maximum absolute atomic E-state index is 4.65. The Kier molecular flexibility index (Phi) is 4.08. The zero-order valence-corrected chi connectivity index (χ0v) is 14.9. The largest absolute Gasteiger partial charge is 0.310 e. The van der Waals surface area contributed by atoms with Crippen LogP contribution in [0.15, 0.2) is 18.5 Å². The summed E-state index contributed by atoms with van der Waals surface area (Å²) in [5, 5.41) is 13.5. The van der Waals surface area contributed by atoms with Crippen LogP contribution in [0.2, 0.25) is 0 Å². The highest BCUT2D eigenvalue weighted by atomic mass is 15.3. The van der Waals surface area contributed by atoms with Crippen LogP contribution in [-0.2, 0) is 6.54 Å². The first-order chi connectivity index (χ1) is 12.4. The predicted octanol–water partition coefficient (Wildman–Crippen LogP) is 2.84. The molecular weight excluding hydrogens is 312 g/mol. The van der Waals surface area contributed by atoms with Gasteiger partial charge in [0.15, 0.2) is 5.82 Å². The van der Waals surface area contributed by atoms with Gasteiger partial charge in [0.25, 0.3) is 0 Å². The smallest absolute Gasteiger partial charge is 0.155 e. The van der Waals surface area contributed by atoms with Crippen LogP contribution in [0.4, 0.5) is 0 Å². The molecule has 0 spiro atoms. The van der Waals surface area contributed by atoms with E-state index in [9.17, 15) is 0 Å². The highest BCUT2D eigenvalue weighted by Gasteiger charge is 2.34. The van der Waals surface area contributed by atoms with E-state index in [0.29, 0.717) is 12.0 Å². The third-order valence-electron chi connectivity index (χ3n) is 6.26. The minimum atomic E-state index is 0.581. The zero-order valence-electron chi connectivity index (χ0n) is 14.9. The minimum absolute atomic E-state index is 0.581. The van der Waals surface area contributed by atoms with Crippen LogP contribution in [0, 0.1) is 5.92 Å². The molecule has 6 heteroatoms. The zero-order chi connectivity index (χ0) is 16.6. The molecule has 25 heavy (non-hydrogen) atoms. The third-order valence-corrected chi connectivity index (χ3v) is 6.26. The standard InChI is InChI=1S/C19H28N6/c1-3-15(4-1)13-23-11-7-16(8-12-23)19-22-21-18(25(19)17-5-6-17)14-24-10-2-9-20-24/h2,9-10,15-17H,1,3-8,11-14H2. The molecule has 3 heterocycles.